The van der Waals surface area contributed by atoms with Gasteiger partial charge in [0.2, 0.25) is 11.8 Å². The average molecular weight is 389 g/mol. The monoisotopic (exact) mass is 388 g/mol. The fourth-order valence-electron chi connectivity index (χ4n) is 3.56. The van der Waals surface area contributed by atoms with Gasteiger partial charge in [0.25, 0.3) is 0 Å². The van der Waals surface area contributed by atoms with Gasteiger partial charge >= 0.3 is 0 Å². The molecule has 0 bridgehead atoms. The van der Waals surface area contributed by atoms with Crippen LogP contribution >= 0.6 is 0 Å². The van der Waals surface area contributed by atoms with Crippen molar-refractivity contribution in [1.82, 2.24) is 10.6 Å². The first kappa shape index (κ1) is 20.6. The highest BCUT2D eigenvalue weighted by atomic mass is 16.2. The number of rotatable bonds is 8. The normalized spacial score (nSPS) is 10.7. The van der Waals surface area contributed by atoms with E-state index in [1.165, 1.54) is 16.7 Å². The van der Waals surface area contributed by atoms with Crippen molar-refractivity contribution in [3.8, 4) is 0 Å². The minimum atomic E-state index is -0.156. The van der Waals surface area contributed by atoms with Crippen LogP contribution in [0.4, 0.5) is 0 Å². The van der Waals surface area contributed by atoms with Gasteiger partial charge in [-0.1, -0.05) is 66.2 Å². The molecule has 0 radical (unpaired) electrons. The predicted octanol–water partition coefficient (Wildman–Crippen LogP) is 3.86. The standard InChI is InChI=1S/C25H28N2O2/c1-18-12-13-20(19(2)15-18)10-6-14-26-25(29)17-27-24(28)16-22-9-5-8-21-7-3-4-11-23(21)22/h3-5,7-9,11-13,15H,6,10,14,16-17H2,1-2H3,(H,26,29)(H,27,28). The molecule has 2 amide bonds. The quantitative estimate of drug-likeness (QED) is 0.576. The Bertz CT molecular complexity index is 1010. The van der Waals surface area contributed by atoms with E-state index in [4.69, 9.17) is 0 Å². The maximum absolute atomic E-state index is 12.2. The molecule has 0 heterocycles. The fourth-order valence-corrected chi connectivity index (χ4v) is 3.56. The minimum Gasteiger partial charge on any atom is -0.355 e. The summed E-state index contributed by atoms with van der Waals surface area (Å²) in [6, 6.07) is 20.4. The Balaban J connectivity index is 1.39. The second-order valence-corrected chi connectivity index (χ2v) is 7.48. The van der Waals surface area contributed by atoms with Gasteiger partial charge < -0.3 is 10.6 Å². The van der Waals surface area contributed by atoms with Gasteiger partial charge in [-0.25, -0.2) is 0 Å². The van der Waals surface area contributed by atoms with Gasteiger partial charge in [-0.3, -0.25) is 9.59 Å². The van der Waals surface area contributed by atoms with Crippen LogP contribution in [0.25, 0.3) is 10.8 Å². The zero-order valence-corrected chi connectivity index (χ0v) is 17.1. The summed E-state index contributed by atoms with van der Waals surface area (Å²) >= 11 is 0. The number of benzene rings is 3. The smallest absolute Gasteiger partial charge is 0.239 e. The van der Waals surface area contributed by atoms with Gasteiger partial charge in [-0.15, -0.1) is 0 Å². The van der Waals surface area contributed by atoms with E-state index in [1.54, 1.807) is 0 Å². The minimum absolute atomic E-state index is 0.00710. The van der Waals surface area contributed by atoms with Crippen LogP contribution in [0.3, 0.4) is 0 Å². The van der Waals surface area contributed by atoms with Gasteiger partial charge in [0.1, 0.15) is 0 Å². The number of amides is 2. The number of nitrogens with one attached hydrogen (secondary N) is 2. The molecular weight excluding hydrogens is 360 g/mol. The zero-order valence-electron chi connectivity index (χ0n) is 17.1. The van der Waals surface area contributed by atoms with Crippen molar-refractivity contribution in [2.24, 2.45) is 0 Å². The molecule has 0 saturated heterocycles. The van der Waals surface area contributed by atoms with Crippen molar-refractivity contribution in [3.63, 3.8) is 0 Å². The van der Waals surface area contributed by atoms with Gasteiger partial charge in [-0.05, 0) is 54.2 Å². The third kappa shape index (κ3) is 5.92. The molecule has 29 heavy (non-hydrogen) atoms. The molecule has 4 heteroatoms. The molecule has 0 saturated carbocycles. The largest absolute Gasteiger partial charge is 0.355 e. The molecule has 0 unspecified atom stereocenters. The molecule has 0 aliphatic carbocycles. The van der Waals surface area contributed by atoms with Gasteiger partial charge in [0, 0.05) is 6.54 Å². The molecule has 0 aliphatic heterocycles. The Morgan fingerprint density at radius 2 is 1.62 bits per heavy atom. The SMILES string of the molecule is Cc1ccc(CCCNC(=O)CNC(=O)Cc2cccc3ccccc23)c(C)c1. The van der Waals surface area contributed by atoms with E-state index in [9.17, 15) is 9.59 Å². The number of fused-ring (bicyclic) bond motifs is 1. The van der Waals surface area contributed by atoms with E-state index in [1.807, 2.05) is 42.5 Å². The molecule has 0 fully saturated rings. The van der Waals surface area contributed by atoms with E-state index < -0.39 is 0 Å². The van der Waals surface area contributed by atoms with Crippen LogP contribution < -0.4 is 10.6 Å². The third-order valence-electron chi connectivity index (χ3n) is 5.12. The van der Waals surface area contributed by atoms with Crippen molar-refractivity contribution in [2.45, 2.75) is 33.1 Å². The Morgan fingerprint density at radius 1 is 0.828 bits per heavy atom. The van der Waals surface area contributed by atoms with Crippen LogP contribution in [-0.2, 0) is 22.4 Å². The number of aryl methyl sites for hydroxylation is 3. The molecular formula is C25H28N2O2. The average Bonchev–Trinajstić information content (AvgIpc) is 2.71. The lowest BCUT2D eigenvalue weighted by molar-refractivity contribution is -0.125. The highest BCUT2D eigenvalue weighted by Gasteiger charge is 2.09. The molecule has 3 aromatic rings. The van der Waals surface area contributed by atoms with Gasteiger partial charge in [-0.2, -0.15) is 0 Å². The summed E-state index contributed by atoms with van der Waals surface area (Å²) in [6.45, 7) is 4.82. The summed E-state index contributed by atoms with van der Waals surface area (Å²) in [7, 11) is 0. The second-order valence-electron chi connectivity index (χ2n) is 7.48. The van der Waals surface area contributed by atoms with Crippen molar-refractivity contribution in [1.29, 1.82) is 0 Å². The topological polar surface area (TPSA) is 58.2 Å². The summed E-state index contributed by atoms with van der Waals surface area (Å²) in [5, 5.41) is 7.78. The molecule has 0 aromatic heterocycles. The number of hydrogen-bond donors (Lipinski definition) is 2. The van der Waals surface area contributed by atoms with Crippen LogP contribution in [0.15, 0.2) is 60.7 Å². The molecule has 0 spiro atoms. The van der Waals surface area contributed by atoms with Crippen LogP contribution in [-0.4, -0.2) is 24.9 Å². The van der Waals surface area contributed by atoms with Gasteiger partial charge in [0.15, 0.2) is 0 Å². The second kappa shape index (κ2) is 9.87. The highest BCUT2D eigenvalue weighted by Crippen LogP contribution is 2.18. The molecule has 0 atom stereocenters. The molecule has 0 aliphatic rings. The number of hydrogen-bond acceptors (Lipinski definition) is 2. The van der Waals surface area contributed by atoms with Crippen molar-refractivity contribution >= 4 is 22.6 Å². The van der Waals surface area contributed by atoms with E-state index in [0.29, 0.717) is 6.54 Å². The van der Waals surface area contributed by atoms with E-state index in [-0.39, 0.29) is 24.8 Å². The Labute approximate surface area is 172 Å². The van der Waals surface area contributed by atoms with E-state index in [2.05, 4.69) is 42.7 Å². The maximum atomic E-state index is 12.2. The highest BCUT2D eigenvalue weighted by molar-refractivity contribution is 5.91. The van der Waals surface area contributed by atoms with E-state index in [0.717, 1.165) is 29.2 Å². The molecule has 3 aromatic carbocycles. The summed E-state index contributed by atoms with van der Waals surface area (Å²) in [6.07, 6.45) is 2.07. The van der Waals surface area contributed by atoms with E-state index >= 15 is 0 Å². The summed E-state index contributed by atoms with van der Waals surface area (Å²) in [4.78, 5) is 24.3. The lowest BCUT2D eigenvalue weighted by Gasteiger charge is -2.10. The maximum Gasteiger partial charge on any atom is 0.239 e. The number of carbonyl (C=O) groups excluding carboxylic acids is 2. The zero-order chi connectivity index (χ0) is 20.6. The lowest BCUT2D eigenvalue weighted by Crippen LogP contribution is -2.38. The Kier molecular flexibility index (Phi) is 7.01. The van der Waals surface area contributed by atoms with Crippen molar-refractivity contribution in [3.05, 3.63) is 82.9 Å². The summed E-state index contributed by atoms with van der Waals surface area (Å²) < 4.78 is 0. The Morgan fingerprint density at radius 3 is 2.45 bits per heavy atom. The molecule has 150 valence electrons. The first-order chi connectivity index (χ1) is 14.0. The summed E-state index contributed by atoms with van der Waals surface area (Å²) in [5.41, 5.74) is 4.83. The van der Waals surface area contributed by atoms with Crippen LogP contribution in [0.5, 0.6) is 0 Å². The van der Waals surface area contributed by atoms with Crippen molar-refractivity contribution < 1.29 is 9.59 Å². The molecule has 2 N–H and O–H groups in total. The lowest BCUT2D eigenvalue weighted by atomic mass is 10.0. The molecule has 3 rings (SSSR count). The van der Waals surface area contributed by atoms with Gasteiger partial charge in [0.05, 0.1) is 13.0 Å². The molecule has 4 nitrogen and oxygen atoms in total. The summed E-state index contributed by atoms with van der Waals surface area (Å²) in [5.74, 6) is -0.302. The Hall–Kier alpha value is -3.14. The first-order valence-electron chi connectivity index (χ1n) is 10.1. The predicted molar refractivity (Wildman–Crippen MR) is 118 cm³/mol. The van der Waals surface area contributed by atoms with Crippen LogP contribution in [0.2, 0.25) is 0 Å². The van der Waals surface area contributed by atoms with Crippen LogP contribution in [0, 0.1) is 13.8 Å². The third-order valence-corrected chi connectivity index (χ3v) is 5.12. The number of carbonyl (C=O) groups is 2. The first-order valence-corrected chi connectivity index (χ1v) is 10.1. The van der Waals surface area contributed by atoms with Crippen LogP contribution in [0.1, 0.15) is 28.7 Å². The van der Waals surface area contributed by atoms with Crippen molar-refractivity contribution in [2.75, 3.05) is 13.1 Å². The fraction of sp³-hybridized carbons (Fsp3) is 0.280.